The van der Waals surface area contributed by atoms with Crippen LogP contribution in [-0.4, -0.2) is 9.97 Å². The van der Waals surface area contributed by atoms with E-state index < -0.39 is 0 Å². The Morgan fingerprint density at radius 3 is 2.59 bits per heavy atom. The normalized spacial score (nSPS) is 10.5. The Bertz CT molecular complexity index is 466. The van der Waals surface area contributed by atoms with Crippen LogP contribution in [0.15, 0.2) is 42.6 Å². The summed E-state index contributed by atoms with van der Waals surface area (Å²) in [6.45, 7) is 4.97. The van der Waals surface area contributed by atoms with E-state index in [4.69, 9.17) is 0 Å². The first-order valence-corrected chi connectivity index (χ1v) is 5.86. The van der Waals surface area contributed by atoms with E-state index in [9.17, 15) is 0 Å². The molecule has 0 aliphatic carbocycles. The van der Waals surface area contributed by atoms with E-state index in [1.165, 1.54) is 5.56 Å². The maximum atomic E-state index is 4.47. The van der Waals surface area contributed by atoms with Crippen molar-refractivity contribution in [3.63, 3.8) is 0 Å². The SMILES string of the molecule is CC(C)c1nccc(NCc2ccccc2)n1. The van der Waals surface area contributed by atoms with Crippen LogP contribution in [0.3, 0.4) is 0 Å². The Hall–Kier alpha value is -1.90. The molecule has 1 aromatic carbocycles. The summed E-state index contributed by atoms with van der Waals surface area (Å²) in [6.07, 6.45) is 1.80. The standard InChI is InChI=1S/C14H17N3/c1-11(2)14-15-9-8-13(17-14)16-10-12-6-4-3-5-7-12/h3-9,11H,10H2,1-2H3,(H,15,16,17). The third-order valence-electron chi connectivity index (χ3n) is 2.51. The number of anilines is 1. The molecule has 0 saturated heterocycles. The van der Waals surface area contributed by atoms with Gasteiger partial charge in [-0.3, -0.25) is 0 Å². The second-order valence-corrected chi connectivity index (χ2v) is 4.29. The van der Waals surface area contributed by atoms with Crippen LogP contribution in [0.5, 0.6) is 0 Å². The van der Waals surface area contributed by atoms with Gasteiger partial charge in [0.05, 0.1) is 0 Å². The number of hydrogen-bond acceptors (Lipinski definition) is 3. The molecule has 88 valence electrons. The van der Waals surface area contributed by atoms with Gasteiger partial charge in [-0.2, -0.15) is 0 Å². The number of nitrogens with zero attached hydrogens (tertiary/aromatic N) is 2. The number of aromatic nitrogens is 2. The Morgan fingerprint density at radius 1 is 1.12 bits per heavy atom. The molecule has 3 heteroatoms. The lowest BCUT2D eigenvalue weighted by Gasteiger charge is -2.08. The van der Waals surface area contributed by atoms with Gasteiger partial charge in [-0.25, -0.2) is 9.97 Å². The van der Waals surface area contributed by atoms with E-state index in [-0.39, 0.29) is 0 Å². The summed E-state index contributed by atoms with van der Waals surface area (Å²) in [4.78, 5) is 8.71. The minimum atomic E-state index is 0.355. The average Bonchev–Trinajstić information content (AvgIpc) is 2.38. The van der Waals surface area contributed by atoms with E-state index in [1.54, 1.807) is 6.20 Å². The van der Waals surface area contributed by atoms with Gasteiger partial charge in [0.15, 0.2) is 0 Å². The first-order chi connectivity index (χ1) is 8.25. The molecule has 2 aromatic rings. The van der Waals surface area contributed by atoms with Crippen LogP contribution in [0.1, 0.15) is 31.2 Å². The number of hydrogen-bond donors (Lipinski definition) is 1. The molecular formula is C14H17N3. The molecule has 1 aromatic heterocycles. The van der Waals surface area contributed by atoms with Crippen molar-refractivity contribution in [2.75, 3.05) is 5.32 Å². The highest BCUT2D eigenvalue weighted by atomic mass is 15.0. The molecule has 1 heterocycles. The van der Waals surface area contributed by atoms with Crippen LogP contribution < -0.4 is 5.32 Å². The summed E-state index contributed by atoms with van der Waals surface area (Å²) < 4.78 is 0. The van der Waals surface area contributed by atoms with Crippen LogP contribution in [0.2, 0.25) is 0 Å². The van der Waals surface area contributed by atoms with E-state index in [0.29, 0.717) is 5.92 Å². The lowest BCUT2D eigenvalue weighted by molar-refractivity contribution is 0.774. The van der Waals surface area contributed by atoms with Crippen LogP contribution >= 0.6 is 0 Å². The highest BCUT2D eigenvalue weighted by molar-refractivity contribution is 5.34. The average molecular weight is 227 g/mol. The quantitative estimate of drug-likeness (QED) is 0.871. The first kappa shape index (κ1) is 11.6. The zero-order valence-corrected chi connectivity index (χ0v) is 10.2. The minimum Gasteiger partial charge on any atom is -0.366 e. The highest BCUT2D eigenvalue weighted by Gasteiger charge is 2.03. The molecule has 0 saturated carbocycles. The lowest BCUT2D eigenvalue weighted by Crippen LogP contribution is -2.04. The van der Waals surface area contributed by atoms with E-state index in [2.05, 4.69) is 41.3 Å². The molecule has 0 amide bonds. The fourth-order valence-electron chi connectivity index (χ4n) is 1.54. The van der Waals surface area contributed by atoms with Crippen molar-refractivity contribution < 1.29 is 0 Å². The summed E-state index contributed by atoms with van der Waals surface area (Å²) in [5.74, 6) is 2.11. The van der Waals surface area contributed by atoms with Crippen molar-refractivity contribution in [3.05, 3.63) is 54.0 Å². The third kappa shape index (κ3) is 3.28. The van der Waals surface area contributed by atoms with Crippen molar-refractivity contribution in [1.29, 1.82) is 0 Å². The van der Waals surface area contributed by atoms with Crippen molar-refractivity contribution in [3.8, 4) is 0 Å². The second-order valence-electron chi connectivity index (χ2n) is 4.29. The predicted octanol–water partition coefficient (Wildman–Crippen LogP) is 3.21. The Labute approximate surface area is 102 Å². The monoisotopic (exact) mass is 227 g/mol. The van der Waals surface area contributed by atoms with Gasteiger partial charge in [0.1, 0.15) is 11.6 Å². The fraction of sp³-hybridized carbons (Fsp3) is 0.286. The molecule has 17 heavy (non-hydrogen) atoms. The number of benzene rings is 1. The molecular weight excluding hydrogens is 210 g/mol. The van der Waals surface area contributed by atoms with Gasteiger partial charge < -0.3 is 5.32 Å². The van der Waals surface area contributed by atoms with E-state index in [0.717, 1.165) is 18.2 Å². The van der Waals surface area contributed by atoms with Gasteiger partial charge in [0.25, 0.3) is 0 Å². The maximum absolute atomic E-state index is 4.47. The topological polar surface area (TPSA) is 37.8 Å². The third-order valence-corrected chi connectivity index (χ3v) is 2.51. The molecule has 0 atom stereocenters. The molecule has 0 aliphatic heterocycles. The number of nitrogens with one attached hydrogen (secondary N) is 1. The second kappa shape index (κ2) is 5.43. The fourth-order valence-corrected chi connectivity index (χ4v) is 1.54. The van der Waals surface area contributed by atoms with E-state index >= 15 is 0 Å². The maximum Gasteiger partial charge on any atom is 0.133 e. The summed E-state index contributed by atoms with van der Waals surface area (Å²) in [5, 5.41) is 3.31. The molecule has 0 fully saturated rings. The molecule has 0 bridgehead atoms. The van der Waals surface area contributed by atoms with Gasteiger partial charge in [-0.1, -0.05) is 44.2 Å². The zero-order chi connectivity index (χ0) is 12.1. The van der Waals surface area contributed by atoms with Gasteiger partial charge >= 0.3 is 0 Å². The lowest BCUT2D eigenvalue weighted by atomic mass is 10.2. The van der Waals surface area contributed by atoms with E-state index in [1.807, 2.05) is 24.3 Å². The Morgan fingerprint density at radius 2 is 1.88 bits per heavy atom. The van der Waals surface area contributed by atoms with Crippen molar-refractivity contribution in [1.82, 2.24) is 9.97 Å². The van der Waals surface area contributed by atoms with Crippen LogP contribution in [-0.2, 0) is 6.54 Å². The first-order valence-electron chi connectivity index (χ1n) is 5.86. The Kier molecular flexibility index (Phi) is 3.70. The summed E-state index contributed by atoms with van der Waals surface area (Å²) in [6, 6.07) is 12.2. The molecule has 0 radical (unpaired) electrons. The molecule has 2 rings (SSSR count). The molecule has 0 aliphatic rings. The predicted molar refractivity (Wildman–Crippen MR) is 69.9 cm³/mol. The van der Waals surface area contributed by atoms with Gasteiger partial charge in [0.2, 0.25) is 0 Å². The highest BCUT2D eigenvalue weighted by Crippen LogP contribution is 2.11. The zero-order valence-electron chi connectivity index (χ0n) is 10.2. The molecule has 1 N–H and O–H groups in total. The van der Waals surface area contributed by atoms with Crippen molar-refractivity contribution in [2.45, 2.75) is 26.3 Å². The van der Waals surface area contributed by atoms with Crippen molar-refractivity contribution in [2.24, 2.45) is 0 Å². The van der Waals surface area contributed by atoms with Gasteiger partial charge in [-0.15, -0.1) is 0 Å². The summed E-state index contributed by atoms with van der Waals surface area (Å²) in [5.41, 5.74) is 1.25. The van der Waals surface area contributed by atoms with Crippen LogP contribution in [0, 0.1) is 0 Å². The largest absolute Gasteiger partial charge is 0.366 e. The van der Waals surface area contributed by atoms with Crippen LogP contribution in [0.25, 0.3) is 0 Å². The molecule has 0 unspecified atom stereocenters. The molecule has 3 nitrogen and oxygen atoms in total. The molecule has 0 spiro atoms. The minimum absolute atomic E-state index is 0.355. The summed E-state index contributed by atoms with van der Waals surface area (Å²) >= 11 is 0. The smallest absolute Gasteiger partial charge is 0.133 e. The van der Waals surface area contributed by atoms with Crippen molar-refractivity contribution >= 4 is 5.82 Å². The Balaban J connectivity index is 2.02. The number of rotatable bonds is 4. The summed E-state index contributed by atoms with van der Waals surface area (Å²) in [7, 11) is 0. The van der Waals surface area contributed by atoms with Gasteiger partial charge in [0, 0.05) is 18.7 Å². The van der Waals surface area contributed by atoms with Gasteiger partial charge in [-0.05, 0) is 11.6 Å². The van der Waals surface area contributed by atoms with Crippen LogP contribution in [0.4, 0.5) is 5.82 Å².